The minimum Gasteiger partial charge on any atom is -0.481 e. The number of carboxylic acids is 1. The molecule has 0 atom stereocenters. The number of hydrogen-bond donors (Lipinski definition) is 1. The first-order valence-electron chi connectivity index (χ1n) is 6.51. The number of nitrogens with zero attached hydrogens (tertiary/aromatic N) is 1. The number of carboxylic acid groups (broad SMARTS) is 1. The summed E-state index contributed by atoms with van der Waals surface area (Å²) in [6.07, 6.45) is -0.363. The molecule has 8 heteroatoms. The summed E-state index contributed by atoms with van der Waals surface area (Å²) in [5.41, 5.74) is -0.103. The van der Waals surface area contributed by atoms with Gasteiger partial charge < -0.3 is 9.84 Å². The molecule has 2 amide bonds. The molecule has 0 radical (unpaired) electrons. The zero-order valence-electron chi connectivity index (χ0n) is 11.7. The average molecular weight is 307 g/mol. The first kappa shape index (κ1) is 15.6. The highest BCUT2D eigenvalue weighted by Crippen LogP contribution is 2.27. The summed E-state index contributed by atoms with van der Waals surface area (Å²) in [5, 5.41) is 9.01. The second-order valence-electron chi connectivity index (χ2n) is 4.33. The van der Waals surface area contributed by atoms with Gasteiger partial charge in [0.1, 0.15) is 0 Å². The fraction of sp³-hybridized carbons (Fsp3) is 0.286. The molecule has 1 aliphatic rings. The van der Waals surface area contributed by atoms with Crippen molar-refractivity contribution in [3.05, 3.63) is 34.9 Å². The summed E-state index contributed by atoms with van der Waals surface area (Å²) in [7, 11) is 0. The quantitative estimate of drug-likeness (QED) is 0.613. The molecule has 1 heterocycles. The van der Waals surface area contributed by atoms with Crippen LogP contribution in [0.25, 0.3) is 0 Å². The molecule has 1 aromatic rings. The zero-order valence-corrected chi connectivity index (χ0v) is 11.7. The normalized spacial score (nSPS) is 13.2. The molecule has 1 aromatic carbocycles. The molecule has 0 saturated heterocycles. The highest BCUT2D eigenvalue weighted by Gasteiger charge is 2.40. The molecule has 1 aliphatic heterocycles. The van der Waals surface area contributed by atoms with Crippen molar-refractivity contribution in [3.63, 3.8) is 0 Å². The lowest BCUT2D eigenvalue weighted by Gasteiger charge is -2.12. The summed E-state index contributed by atoms with van der Waals surface area (Å²) in [6, 6.07) is 4.22. The summed E-state index contributed by atoms with van der Waals surface area (Å²) in [5.74, 6) is -3.39. The van der Waals surface area contributed by atoms with E-state index in [1.807, 2.05) is 0 Å². The lowest BCUT2D eigenvalue weighted by atomic mass is 10.0. The van der Waals surface area contributed by atoms with Crippen LogP contribution in [0.15, 0.2) is 18.2 Å². The lowest BCUT2D eigenvalue weighted by molar-refractivity contribution is -0.142. The molecular weight excluding hydrogens is 294 g/mol. The van der Waals surface area contributed by atoms with E-state index in [4.69, 9.17) is 14.7 Å². The molecule has 0 fully saturated rings. The summed E-state index contributed by atoms with van der Waals surface area (Å²) in [4.78, 5) is 51.5. The van der Waals surface area contributed by atoms with E-state index in [9.17, 15) is 19.2 Å². The van der Waals surface area contributed by atoms with Gasteiger partial charge in [0.2, 0.25) is 0 Å². The predicted molar refractivity (Wildman–Crippen MR) is 71.1 cm³/mol. The molecule has 0 spiro atoms. The largest absolute Gasteiger partial charge is 0.481 e. The molecule has 0 unspecified atom stereocenters. The zero-order chi connectivity index (χ0) is 16.3. The number of esters is 1. The molecule has 0 aliphatic carbocycles. The topological polar surface area (TPSA) is 110 Å². The third-order valence-electron chi connectivity index (χ3n) is 2.91. The standard InChI is InChI=1S/C14H13NO7/c1-2-21-14(20)9-5-3-4-8-11(9)13(19)15(12(8)18)22-7-6-10(16)17/h3-5H,2,6-7H2,1H3,(H,16,17). The smallest absolute Gasteiger partial charge is 0.338 e. The van der Waals surface area contributed by atoms with E-state index in [1.54, 1.807) is 6.92 Å². The van der Waals surface area contributed by atoms with Crippen LogP contribution in [0.1, 0.15) is 44.4 Å². The van der Waals surface area contributed by atoms with Crippen molar-refractivity contribution in [3.8, 4) is 0 Å². The van der Waals surface area contributed by atoms with Gasteiger partial charge >= 0.3 is 11.9 Å². The Labute approximate surface area is 125 Å². The summed E-state index contributed by atoms with van der Waals surface area (Å²) >= 11 is 0. The van der Waals surface area contributed by atoms with Gasteiger partial charge in [0.25, 0.3) is 11.8 Å². The highest BCUT2D eigenvalue weighted by molar-refractivity contribution is 6.23. The maximum atomic E-state index is 12.2. The third kappa shape index (κ3) is 2.82. The van der Waals surface area contributed by atoms with Crippen molar-refractivity contribution in [2.45, 2.75) is 13.3 Å². The van der Waals surface area contributed by atoms with E-state index in [0.29, 0.717) is 5.06 Å². The lowest BCUT2D eigenvalue weighted by Crippen LogP contribution is -2.31. The van der Waals surface area contributed by atoms with Crippen LogP contribution in [-0.4, -0.2) is 47.1 Å². The number of carbonyl (C=O) groups is 4. The highest BCUT2D eigenvalue weighted by atomic mass is 16.7. The molecule has 8 nitrogen and oxygen atoms in total. The second kappa shape index (κ2) is 6.35. The van der Waals surface area contributed by atoms with Crippen LogP contribution in [0, 0.1) is 0 Å². The maximum Gasteiger partial charge on any atom is 0.338 e. The fourth-order valence-corrected chi connectivity index (χ4v) is 1.98. The minimum atomic E-state index is -1.12. The Kier molecular flexibility index (Phi) is 4.52. The SMILES string of the molecule is CCOC(=O)c1cccc2c1C(=O)N(OCCC(=O)O)C2=O. The number of imide groups is 1. The van der Waals surface area contributed by atoms with Crippen molar-refractivity contribution >= 4 is 23.8 Å². The fourth-order valence-electron chi connectivity index (χ4n) is 1.98. The molecule has 1 N–H and O–H groups in total. The average Bonchev–Trinajstić information content (AvgIpc) is 2.72. The van der Waals surface area contributed by atoms with Crippen LogP contribution in [0.5, 0.6) is 0 Å². The van der Waals surface area contributed by atoms with Gasteiger partial charge in [-0.2, -0.15) is 0 Å². The Balaban J connectivity index is 2.27. The first-order chi connectivity index (χ1) is 10.5. The van der Waals surface area contributed by atoms with Crippen LogP contribution < -0.4 is 0 Å². The van der Waals surface area contributed by atoms with Gasteiger partial charge in [-0.05, 0) is 19.1 Å². The Morgan fingerprint density at radius 1 is 1.23 bits per heavy atom. The molecule has 0 saturated carbocycles. The summed E-state index contributed by atoms with van der Waals surface area (Å²) in [6.45, 7) is 1.41. The van der Waals surface area contributed by atoms with Crippen molar-refractivity contribution in [2.24, 2.45) is 0 Å². The van der Waals surface area contributed by atoms with Crippen molar-refractivity contribution in [2.75, 3.05) is 13.2 Å². The van der Waals surface area contributed by atoms with Gasteiger partial charge in [-0.15, -0.1) is 5.06 Å². The van der Waals surface area contributed by atoms with Crippen LogP contribution in [0.4, 0.5) is 0 Å². The number of benzene rings is 1. The molecule has 2 rings (SSSR count). The Hall–Kier alpha value is -2.74. The number of hydrogen-bond acceptors (Lipinski definition) is 6. The van der Waals surface area contributed by atoms with Gasteiger partial charge in [0.05, 0.1) is 36.3 Å². The van der Waals surface area contributed by atoms with Crippen molar-refractivity contribution < 1.29 is 33.9 Å². The minimum absolute atomic E-state index is 0.0193. The number of amides is 2. The van der Waals surface area contributed by atoms with E-state index < -0.39 is 23.8 Å². The monoisotopic (exact) mass is 307 g/mol. The van der Waals surface area contributed by atoms with Gasteiger partial charge in [-0.1, -0.05) is 6.07 Å². The van der Waals surface area contributed by atoms with Crippen LogP contribution in [-0.2, 0) is 14.4 Å². The molecule has 22 heavy (non-hydrogen) atoms. The van der Waals surface area contributed by atoms with Crippen LogP contribution in [0.3, 0.4) is 0 Å². The maximum absolute atomic E-state index is 12.2. The van der Waals surface area contributed by atoms with Crippen molar-refractivity contribution in [1.29, 1.82) is 0 Å². The molecule has 0 bridgehead atoms. The van der Waals surface area contributed by atoms with Crippen molar-refractivity contribution in [1.82, 2.24) is 5.06 Å². The van der Waals surface area contributed by atoms with E-state index in [1.165, 1.54) is 18.2 Å². The van der Waals surface area contributed by atoms with Gasteiger partial charge in [0, 0.05) is 0 Å². The van der Waals surface area contributed by atoms with E-state index in [-0.39, 0.29) is 36.3 Å². The Morgan fingerprint density at radius 3 is 2.59 bits per heavy atom. The first-order valence-corrected chi connectivity index (χ1v) is 6.51. The second-order valence-corrected chi connectivity index (χ2v) is 4.33. The number of fused-ring (bicyclic) bond motifs is 1. The van der Waals surface area contributed by atoms with E-state index >= 15 is 0 Å². The van der Waals surface area contributed by atoms with Gasteiger partial charge in [-0.25, -0.2) is 4.79 Å². The molecule has 116 valence electrons. The summed E-state index contributed by atoms with van der Waals surface area (Å²) < 4.78 is 4.85. The molecular formula is C14H13NO7. The Morgan fingerprint density at radius 2 is 1.95 bits per heavy atom. The Bertz CT molecular complexity index is 653. The van der Waals surface area contributed by atoms with Gasteiger partial charge in [0.15, 0.2) is 0 Å². The third-order valence-corrected chi connectivity index (χ3v) is 2.91. The number of ether oxygens (including phenoxy) is 1. The van der Waals surface area contributed by atoms with E-state index in [0.717, 1.165) is 0 Å². The molecule has 0 aromatic heterocycles. The van der Waals surface area contributed by atoms with Gasteiger partial charge in [-0.3, -0.25) is 19.2 Å². The van der Waals surface area contributed by atoms with Crippen LogP contribution in [0.2, 0.25) is 0 Å². The number of carbonyl (C=O) groups excluding carboxylic acids is 3. The van der Waals surface area contributed by atoms with E-state index in [2.05, 4.69) is 0 Å². The number of rotatable bonds is 6. The number of hydroxylamine groups is 2. The van der Waals surface area contributed by atoms with Crippen LogP contribution >= 0.6 is 0 Å². The predicted octanol–water partition coefficient (Wildman–Crippen LogP) is 0.866. The number of aliphatic carboxylic acids is 1.